The molecule has 0 N–H and O–H groups in total. The third-order valence-electron chi connectivity index (χ3n) is 2.93. The minimum atomic E-state index is -0.191. The normalized spacial score (nSPS) is 12.6. The minimum Gasteiger partial charge on any atom is -0.369 e. The average molecular weight is 244 g/mol. The minimum absolute atomic E-state index is 0.191. The van der Waals surface area contributed by atoms with Gasteiger partial charge in [-0.05, 0) is 25.0 Å². The van der Waals surface area contributed by atoms with Gasteiger partial charge in [0.25, 0.3) is 0 Å². The summed E-state index contributed by atoms with van der Waals surface area (Å²) in [5, 5.41) is 0. The third-order valence-corrected chi connectivity index (χ3v) is 3.22. The molecule has 0 aliphatic heterocycles. The fraction of sp³-hybridized carbons (Fsp3) is 0.538. The number of anilines is 1. The first-order chi connectivity index (χ1) is 7.61. The predicted molar refractivity (Wildman–Crippen MR) is 68.7 cm³/mol. The smallest absolute Gasteiger partial charge is 0.146 e. The Hall–Kier alpha value is -0.760. The molecule has 0 saturated heterocycles. The highest BCUT2D eigenvalue weighted by atomic mass is 35.5. The molecule has 0 aliphatic carbocycles. The van der Waals surface area contributed by atoms with E-state index in [1.54, 1.807) is 6.07 Å². The van der Waals surface area contributed by atoms with Gasteiger partial charge in [0.2, 0.25) is 0 Å². The van der Waals surface area contributed by atoms with E-state index in [1.807, 2.05) is 18.0 Å². The number of hydrogen-bond donors (Lipinski definition) is 0. The molecule has 0 amide bonds. The lowest BCUT2D eigenvalue weighted by atomic mass is 10.1. The lowest BCUT2D eigenvalue weighted by Crippen LogP contribution is -2.30. The first-order valence-electron chi connectivity index (χ1n) is 5.68. The number of benzene rings is 1. The third kappa shape index (κ3) is 2.88. The number of rotatable bonds is 5. The highest BCUT2D eigenvalue weighted by Gasteiger charge is 2.16. The van der Waals surface area contributed by atoms with Crippen LogP contribution in [0.25, 0.3) is 0 Å². The molecule has 90 valence electrons. The topological polar surface area (TPSA) is 3.24 Å². The SMILES string of the molecule is CCCC(C)N(C)c1c(F)cccc1CCl. The van der Waals surface area contributed by atoms with Crippen LogP contribution in [0, 0.1) is 5.82 Å². The summed E-state index contributed by atoms with van der Waals surface area (Å²) in [7, 11) is 1.93. The van der Waals surface area contributed by atoms with E-state index in [1.165, 1.54) is 6.07 Å². The Kier molecular flexibility index (Phi) is 5.07. The molecule has 1 aromatic carbocycles. The van der Waals surface area contributed by atoms with Crippen LogP contribution in [-0.2, 0) is 5.88 Å². The van der Waals surface area contributed by atoms with Crippen molar-refractivity contribution in [2.24, 2.45) is 0 Å². The largest absolute Gasteiger partial charge is 0.369 e. The maximum Gasteiger partial charge on any atom is 0.146 e. The summed E-state index contributed by atoms with van der Waals surface area (Å²) in [4.78, 5) is 1.98. The van der Waals surface area contributed by atoms with Crippen LogP contribution < -0.4 is 4.90 Å². The molecule has 1 atom stereocenters. The fourth-order valence-electron chi connectivity index (χ4n) is 1.89. The van der Waals surface area contributed by atoms with Crippen molar-refractivity contribution >= 4 is 17.3 Å². The maximum absolute atomic E-state index is 13.8. The molecule has 0 aliphatic rings. The lowest BCUT2D eigenvalue weighted by Gasteiger charge is -2.28. The molecule has 0 aromatic heterocycles. The molecule has 0 saturated carbocycles. The first-order valence-corrected chi connectivity index (χ1v) is 6.21. The Bertz CT molecular complexity index is 341. The quantitative estimate of drug-likeness (QED) is 0.701. The average Bonchev–Trinajstić information content (AvgIpc) is 2.28. The Morgan fingerprint density at radius 3 is 2.69 bits per heavy atom. The van der Waals surface area contributed by atoms with Crippen molar-refractivity contribution in [3.8, 4) is 0 Å². The number of nitrogens with zero attached hydrogens (tertiary/aromatic N) is 1. The summed E-state index contributed by atoms with van der Waals surface area (Å²) < 4.78 is 13.8. The van der Waals surface area contributed by atoms with Gasteiger partial charge in [-0.25, -0.2) is 4.39 Å². The van der Waals surface area contributed by atoms with Crippen molar-refractivity contribution in [3.63, 3.8) is 0 Å². The van der Waals surface area contributed by atoms with Gasteiger partial charge in [-0.3, -0.25) is 0 Å². The summed E-state index contributed by atoms with van der Waals surface area (Å²) in [6.45, 7) is 4.24. The molecule has 16 heavy (non-hydrogen) atoms. The zero-order valence-corrected chi connectivity index (χ0v) is 10.9. The number of alkyl halides is 1. The Morgan fingerprint density at radius 2 is 2.12 bits per heavy atom. The van der Waals surface area contributed by atoms with Gasteiger partial charge in [0, 0.05) is 19.0 Å². The van der Waals surface area contributed by atoms with Crippen LogP contribution in [0.1, 0.15) is 32.3 Å². The van der Waals surface area contributed by atoms with Gasteiger partial charge in [0.05, 0.1) is 5.69 Å². The molecular weight excluding hydrogens is 225 g/mol. The standard InChI is InChI=1S/C13H19ClFN/c1-4-6-10(2)16(3)13-11(9-14)7-5-8-12(13)15/h5,7-8,10H,4,6,9H2,1-3H3. The van der Waals surface area contributed by atoms with Gasteiger partial charge in [-0.15, -0.1) is 11.6 Å². The molecule has 3 heteroatoms. The van der Waals surface area contributed by atoms with Crippen molar-refractivity contribution < 1.29 is 4.39 Å². The summed E-state index contributed by atoms with van der Waals surface area (Å²) in [6, 6.07) is 5.39. The molecular formula is C13H19ClFN. The van der Waals surface area contributed by atoms with Gasteiger partial charge in [0.15, 0.2) is 0 Å². The summed E-state index contributed by atoms with van der Waals surface area (Å²) in [5.74, 6) is 0.152. The van der Waals surface area contributed by atoms with Gasteiger partial charge in [-0.1, -0.05) is 25.5 Å². The van der Waals surface area contributed by atoms with Crippen LogP contribution in [-0.4, -0.2) is 13.1 Å². The molecule has 0 fully saturated rings. The van der Waals surface area contributed by atoms with E-state index in [-0.39, 0.29) is 5.82 Å². The Labute approximate surface area is 102 Å². The zero-order chi connectivity index (χ0) is 12.1. The van der Waals surface area contributed by atoms with E-state index >= 15 is 0 Å². The second kappa shape index (κ2) is 6.09. The number of hydrogen-bond acceptors (Lipinski definition) is 1. The first kappa shape index (κ1) is 13.3. The molecule has 1 nitrogen and oxygen atoms in total. The van der Waals surface area contributed by atoms with Gasteiger partial charge >= 0.3 is 0 Å². The molecule has 1 rings (SSSR count). The summed E-state index contributed by atoms with van der Waals surface area (Å²) >= 11 is 5.84. The number of para-hydroxylation sites is 1. The lowest BCUT2D eigenvalue weighted by molar-refractivity contribution is 0.580. The van der Waals surface area contributed by atoms with Gasteiger partial charge < -0.3 is 4.90 Å². The van der Waals surface area contributed by atoms with E-state index in [0.29, 0.717) is 17.6 Å². The van der Waals surface area contributed by atoms with Crippen LogP contribution in [0.5, 0.6) is 0 Å². The van der Waals surface area contributed by atoms with Gasteiger partial charge in [-0.2, -0.15) is 0 Å². The summed E-state index contributed by atoms with van der Waals surface area (Å²) in [6.07, 6.45) is 2.14. The van der Waals surface area contributed by atoms with Gasteiger partial charge in [0.1, 0.15) is 5.82 Å². The fourth-order valence-corrected chi connectivity index (χ4v) is 2.11. The highest BCUT2D eigenvalue weighted by molar-refractivity contribution is 6.17. The van der Waals surface area contributed by atoms with Crippen LogP contribution in [0.15, 0.2) is 18.2 Å². The van der Waals surface area contributed by atoms with Crippen LogP contribution in [0.3, 0.4) is 0 Å². The van der Waals surface area contributed by atoms with E-state index in [0.717, 1.165) is 18.4 Å². The highest BCUT2D eigenvalue weighted by Crippen LogP contribution is 2.27. The molecule has 1 aromatic rings. The van der Waals surface area contributed by atoms with E-state index in [9.17, 15) is 4.39 Å². The molecule has 0 heterocycles. The van der Waals surface area contributed by atoms with Crippen LogP contribution in [0.2, 0.25) is 0 Å². The second-order valence-corrected chi connectivity index (χ2v) is 4.40. The van der Waals surface area contributed by atoms with E-state index < -0.39 is 0 Å². The maximum atomic E-state index is 13.8. The van der Waals surface area contributed by atoms with E-state index in [2.05, 4.69) is 13.8 Å². The molecule has 0 radical (unpaired) electrons. The number of halogens is 2. The van der Waals surface area contributed by atoms with Crippen molar-refractivity contribution in [1.82, 2.24) is 0 Å². The monoisotopic (exact) mass is 243 g/mol. The Balaban J connectivity index is 3.01. The van der Waals surface area contributed by atoms with Crippen molar-refractivity contribution in [3.05, 3.63) is 29.6 Å². The molecule has 1 unspecified atom stereocenters. The molecule has 0 bridgehead atoms. The second-order valence-electron chi connectivity index (χ2n) is 4.13. The zero-order valence-electron chi connectivity index (χ0n) is 10.1. The van der Waals surface area contributed by atoms with Crippen molar-refractivity contribution in [1.29, 1.82) is 0 Å². The predicted octanol–water partition coefficient (Wildman–Crippen LogP) is 4.19. The van der Waals surface area contributed by atoms with Crippen molar-refractivity contribution in [2.75, 3.05) is 11.9 Å². The van der Waals surface area contributed by atoms with Crippen LogP contribution >= 0.6 is 11.6 Å². The van der Waals surface area contributed by atoms with E-state index in [4.69, 9.17) is 11.6 Å². The van der Waals surface area contributed by atoms with Crippen LogP contribution in [0.4, 0.5) is 10.1 Å². The van der Waals surface area contributed by atoms with Crippen molar-refractivity contribution in [2.45, 2.75) is 38.6 Å². The molecule has 0 spiro atoms. The summed E-state index contributed by atoms with van der Waals surface area (Å²) in [5.41, 5.74) is 1.49. The Morgan fingerprint density at radius 1 is 1.44 bits per heavy atom.